The van der Waals surface area contributed by atoms with Gasteiger partial charge in [0.15, 0.2) is 0 Å². The number of aliphatic hydroxyl groups excluding tert-OH is 1. The second kappa shape index (κ2) is 2.42. The van der Waals surface area contributed by atoms with E-state index in [1.54, 1.807) is 0 Å². The van der Waals surface area contributed by atoms with E-state index in [9.17, 15) is 5.11 Å². The Morgan fingerprint density at radius 2 is 2.33 bits per heavy atom. The lowest BCUT2D eigenvalue weighted by Gasteiger charge is -2.04. The van der Waals surface area contributed by atoms with Gasteiger partial charge in [-0.3, -0.25) is 0 Å². The van der Waals surface area contributed by atoms with Gasteiger partial charge in [-0.1, -0.05) is 6.92 Å². The second-order valence-electron chi connectivity index (χ2n) is 3.21. The van der Waals surface area contributed by atoms with Crippen LogP contribution < -0.4 is 5.73 Å². The van der Waals surface area contributed by atoms with E-state index in [2.05, 4.69) is 9.97 Å². The lowest BCUT2D eigenvalue weighted by atomic mass is 10.1. The predicted molar refractivity (Wildman–Crippen MR) is 44.4 cm³/mol. The van der Waals surface area contributed by atoms with Crippen LogP contribution in [0.5, 0.6) is 0 Å². The summed E-state index contributed by atoms with van der Waals surface area (Å²) in [6, 6.07) is 0. The molecule has 1 aliphatic rings. The smallest absolute Gasteiger partial charge is 0.130 e. The molecule has 64 valence electrons. The Labute approximate surface area is 70.5 Å². The van der Waals surface area contributed by atoms with E-state index >= 15 is 0 Å². The third-order valence-electron chi connectivity index (χ3n) is 2.33. The molecule has 0 bridgehead atoms. The van der Waals surface area contributed by atoms with Crippen molar-refractivity contribution in [2.75, 3.05) is 5.73 Å². The quantitative estimate of drug-likeness (QED) is 0.590. The number of anilines is 1. The number of nitrogens with zero attached hydrogens (tertiary/aromatic N) is 2. The number of hydrogen-bond acceptors (Lipinski definition) is 4. The zero-order chi connectivity index (χ0) is 8.72. The largest absolute Gasteiger partial charge is 0.387 e. The fourth-order valence-electron chi connectivity index (χ4n) is 1.76. The Morgan fingerprint density at radius 1 is 1.58 bits per heavy atom. The highest BCUT2D eigenvalue weighted by Crippen LogP contribution is 2.40. The third-order valence-corrected chi connectivity index (χ3v) is 2.33. The van der Waals surface area contributed by atoms with Crippen LogP contribution in [0, 0.1) is 0 Å². The molecule has 1 aromatic heterocycles. The van der Waals surface area contributed by atoms with Crippen LogP contribution in [0.25, 0.3) is 0 Å². The highest BCUT2D eigenvalue weighted by molar-refractivity contribution is 5.47. The van der Waals surface area contributed by atoms with Crippen LogP contribution in [0.15, 0.2) is 6.33 Å². The molecule has 0 spiro atoms. The van der Waals surface area contributed by atoms with Gasteiger partial charge in [0.05, 0.1) is 11.8 Å². The Bertz CT molecular complexity index is 313. The number of nitrogens with two attached hydrogens (primary N) is 1. The summed E-state index contributed by atoms with van der Waals surface area (Å²) in [7, 11) is 0. The highest BCUT2D eigenvalue weighted by Gasteiger charge is 2.30. The highest BCUT2D eigenvalue weighted by atomic mass is 16.3. The molecule has 1 heterocycles. The van der Waals surface area contributed by atoms with E-state index in [1.807, 2.05) is 6.92 Å². The molecule has 12 heavy (non-hydrogen) atoms. The number of aromatic nitrogens is 2. The van der Waals surface area contributed by atoms with E-state index in [-0.39, 0.29) is 5.92 Å². The van der Waals surface area contributed by atoms with Gasteiger partial charge in [0.25, 0.3) is 0 Å². The van der Waals surface area contributed by atoms with Crippen LogP contribution >= 0.6 is 0 Å². The van der Waals surface area contributed by atoms with Crippen molar-refractivity contribution in [3.63, 3.8) is 0 Å². The third kappa shape index (κ3) is 0.881. The van der Waals surface area contributed by atoms with Crippen molar-refractivity contribution >= 4 is 5.82 Å². The molecule has 0 saturated carbocycles. The Kier molecular flexibility index (Phi) is 1.51. The number of hydrogen-bond donors (Lipinski definition) is 2. The molecular formula is C8H11N3O. The molecule has 2 rings (SSSR count). The first kappa shape index (κ1) is 7.49. The lowest BCUT2D eigenvalue weighted by molar-refractivity contribution is 0.170. The minimum atomic E-state index is -0.458. The Balaban J connectivity index is 2.59. The van der Waals surface area contributed by atoms with Crippen LogP contribution in [-0.4, -0.2) is 15.1 Å². The molecule has 0 amide bonds. The molecule has 0 fully saturated rings. The molecule has 2 atom stereocenters. The summed E-state index contributed by atoms with van der Waals surface area (Å²) in [5, 5.41) is 9.53. The second-order valence-corrected chi connectivity index (χ2v) is 3.21. The van der Waals surface area contributed by atoms with Crippen LogP contribution in [0.4, 0.5) is 5.82 Å². The summed E-state index contributed by atoms with van der Waals surface area (Å²) in [5.74, 6) is 0.778. The van der Waals surface area contributed by atoms with Gasteiger partial charge in [-0.25, -0.2) is 9.97 Å². The molecule has 0 radical (unpaired) electrons. The van der Waals surface area contributed by atoms with Crippen molar-refractivity contribution in [1.29, 1.82) is 0 Å². The maximum Gasteiger partial charge on any atom is 0.130 e. The van der Waals surface area contributed by atoms with Crippen molar-refractivity contribution in [1.82, 2.24) is 9.97 Å². The van der Waals surface area contributed by atoms with Crippen molar-refractivity contribution < 1.29 is 5.11 Å². The van der Waals surface area contributed by atoms with Crippen LogP contribution in [0.1, 0.15) is 36.6 Å². The number of aliphatic hydroxyl groups is 1. The molecule has 0 aromatic carbocycles. The normalized spacial score (nSPS) is 27.2. The van der Waals surface area contributed by atoms with Gasteiger partial charge >= 0.3 is 0 Å². The Hall–Kier alpha value is -1.16. The number of nitrogen functional groups attached to an aromatic ring is 1. The van der Waals surface area contributed by atoms with Gasteiger partial charge in [0, 0.05) is 5.56 Å². The Morgan fingerprint density at radius 3 is 3.00 bits per heavy atom. The van der Waals surface area contributed by atoms with Gasteiger partial charge in [0.1, 0.15) is 12.1 Å². The SMILES string of the molecule is C[C@@H]1C[C@@H](O)c2ncnc(N)c21. The summed E-state index contributed by atoms with van der Waals surface area (Å²) < 4.78 is 0. The van der Waals surface area contributed by atoms with Gasteiger partial charge in [-0.2, -0.15) is 0 Å². The first-order valence-corrected chi connectivity index (χ1v) is 3.98. The van der Waals surface area contributed by atoms with Crippen molar-refractivity contribution in [2.45, 2.75) is 25.4 Å². The van der Waals surface area contributed by atoms with Gasteiger partial charge in [-0.15, -0.1) is 0 Å². The molecule has 0 unspecified atom stereocenters. The molecule has 4 nitrogen and oxygen atoms in total. The fraction of sp³-hybridized carbons (Fsp3) is 0.500. The maximum atomic E-state index is 9.53. The zero-order valence-electron chi connectivity index (χ0n) is 6.86. The molecule has 0 saturated heterocycles. The fourth-order valence-corrected chi connectivity index (χ4v) is 1.76. The van der Waals surface area contributed by atoms with Crippen LogP contribution in [0.3, 0.4) is 0 Å². The summed E-state index contributed by atoms with van der Waals surface area (Å²) in [4.78, 5) is 7.90. The molecule has 1 aliphatic carbocycles. The van der Waals surface area contributed by atoms with E-state index < -0.39 is 6.10 Å². The average Bonchev–Trinajstić information content (AvgIpc) is 2.29. The van der Waals surface area contributed by atoms with Crippen molar-refractivity contribution in [3.8, 4) is 0 Å². The van der Waals surface area contributed by atoms with E-state index in [1.165, 1.54) is 6.33 Å². The van der Waals surface area contributed by atoms with E-state index in [4.69, 9.17) is 5.73 Å². The lowest BCUT2D eigenvalue weighted by Crippen LogP contribution is -2.01. The van der Waals surface area contributed by atoms with Crippen LogP contribution in [0.2, 0.25) is 0 Å². The maximum absolute atomic E-state index is 9.53. The molecule has 0 aliphatic heterocycles. The average molecular weight is 165 g/mol. The molecular weight excluding hydrogens is 154 g/mol. The first-order chi connectivity index (χ1) is 5.70. The molecule has 4 heteroatoms. The van der Waals surface area contributed by atoms with Crippen molar-refractivity contribution in [3.05, 3.63) is 17.6 Å². The zero-order valence-corrected chi connectivity index (χ0v) is 6.86. The summed E-state index contributed by atoms with van der Waals surface area (Å²) in [6.07, 6.45) is 1.65. The monoisotopic (exact) mass is 165 g/mol. The number of rotatable bonds is 0. The van der Waals surface area contributed by atoms with Crippen LogP contribution in [-0.2, 0) is 0 Å². The summed E-state index contributed by atoms with van der Waals surface area (Å²) in [5.41, 5.74) is 7.29. The topological polar surface area (TPSA) is 72.0 Å². The summed E-state index contributed by atoms with van der Waals surface area (Å²) >= 11 is 0. The van der Waals surface area contributed by atoms with Gasteiger partial charge < -0.3 is 10.8 Å². The molecule has 3 N–H and O–H groups in total. The van der Waals surface area contributed by atoms with Gasteiger partial charge in [-0.05, 0) is 12.3 Å². The van der Waals surface area contributed by atoms with E-state index in [0.29, 0.717) is 17.9 Å². The standard InChI is InChI=1S/C8H11N3O/c1-4-2-5(12)7-6(4)8(9)11-3-10-7/h3-5,12H,2H2,1H3,(H2,9,10,11)/t4-,5-/m1/s1. The minimum Gasteiger partial charge on any atom is -0.387 e. The van der Waals surface area contributed by atoms with E-state index in [0.717, 1.165) is 5.56 Å². The minimum absolute atomic E-state index is 0.274. The number of fused-ring (bicyclic) bond motifs is 1. The summed E-state index contributed by atoms with van der Waals surface area (Å²) in [6.45, 7) is 2.02. The van der Waals surface area contributed by atoms with Gasteiger partial charge in [0.2, 0.25) is 0 Å². The van der Waals surface area contributed by atoms with Crippen molar-refractivity contribution in [2.24, 2.45) is 0 Å². The molecule has 1 aromatic rings. The predicted octanol–water partition coefficient (Wildman–Crippen LogP) is 0.599. The first-order valence-electron chi connectivity index (χ1n) is 3.98.